The van der Waals surface area contributed by atoms with Crippen molar-refractivity contribution in [2.24, 2.45) is 17.8 Å². The van der Waals surface area contributed by atoms with Crippen molar-refractivity contribution in [1.29, 1.82) is 0 Å². The molecule has 2 saturated carbocycles. The summed E-state index contributed by atoms with van der Waals surface area (Å²) in [4.78, 5) is 0. The van der Waals surface area contributed by atoms with Crippen molar-refractivity contribution >= 4 is 0 Å². The number of rotatable bonds is 9. The smallest absolute Gasteiger partial charge is 0.387 e. The van der Waals surface area contributed by atoms with Gasteiger partial charge in [0.2, 0.25) is 0 Å². The first-order chi connectivity index (χ1) is 17.7. The average molecular weight is 527 g/mol. The van der Waals surface area contributed by atoms with Crippen LogP contribution >= 0.6 is 0 Å². The zero-order valence-electron chi connectivity index (χ0n) is 21.3. The molecule has 0 unspecified atom stereocenters. The summed E-state index contributed by atoms with van der Waals surface area (Å²) in [5.41, 5.74) is 1.19. The van der Waals surface area contributed by atoms with Gasteiger partial charge in [0.1, 0.15) is 5.82 Å². The fraction of sp³-hybridized carbons (Fsp3) is 0.600. The summed E-state index contributed by atoms with van der Waals surface area (Å²) >= 11 is 0. The van der Waals surface area contributed by atoms with Gasteiger partial charge in [0, 0.05) is 17.9 Å². The van der Waals surface area contributed by atoms with Crippen LogP contribution < -0.4 is 4.74 Å². The second-order valence-corrected chi connectivity index (χ2v) is 11.0. The minimum absolute atomic E-state index is 0.0133. The lowest BCUT2D eigenvalue weighted by molar-refractivity contribution is -0.0955. The second kappa shape index (κ2) is 12.1. The molecule has 2 fully saturated rings. The summed E-state index contributed by atoms with van der Waals surface area (Å²) in [5, 5.41) is 0. The zero-order valence-corrected chi connectivity index (χ0v) is 21.3. The van der Waals surface area contributed by atoms with Crippen molar-refractivity contribution in [1.82, 2.24) is 0 Å². The molecule has 0 N–H and O–H groups in total. The minimum Gasteiger partial charge on any atom is -0.432 e. The van der Waals surface area contributed by atoms with Gasteiger partial charge < -0.3 is 4.74 Å². The first-order valence-corrected chi connectivity index (χ1v) is 13.6. The summed E-state index contributed by atoms with van der Waals surface area (Å²) in [6.07, 6.45) is 8.17. The van der Waals surface area contributed by atoms with Crippen LogP contribution in [-0.2, 0) is 0 Å². The molecular weight excluding hydrogens is 490 g/mol. The van der Waals surface area contributed by atoms with Gasteiger partial charge >= 0.3 is 6.61 Å². The number of benzene rings is 2. The highest BCUT2D eigenvalue weighted by atomic mass is 19.3. The maximum Gasteiger partial charge on any atom is 0.387 e. The number of hydrogen-bond donors (Lipinski definition) is 0. The van der Waals surface area contributed by atoms with E-state index >= 15 is 8.78 Å². The SMILES string of the molecule is CCCC1CCC(C(F)(F)CC2CCC(c3ccc(-c4ccc(OC(F)F)c(F)c4)c(F)c3)CC2)CC1. The van der Waals surface area contributed by atoms with Crippen molar-refractivity contribution in [3.05, 3.63) is 53.6 Å². The van der Waals surface area contributed by atoms with E-state index in [2.05, 4.69) is 11.7 Å². The molecule has 0 amide bonds. The normalized spacial score (nSPS) is 24.9. The third-order valence-electron chi connectivity index (χ3n) is 8.47. The van der Waals surface area contributed by atoms with Crippen LogP contribution in [0.1, 0.15) is 89.0 Å². The molecule has 7 heteroatoms. The molecule has 0 atom stereocenters. The average Bonchev–Trinajstić information content (AvgIpc) is 2.86. The molecule has 0 saturated heterocycles. The van der Waals surface area contributed by atoms with E-state index in [0.29, 0.717) is 31.6 Å². The molecule has 2 aliphatic rings. The van der Waals surface area contributed by atoms with Crippen LogP contribution in [0.25, 0.3) is 11.1 Å². The molecule has 2 aromatic carbocycles. The van der Waals surface area contributed by atoms with Gasteiger partial charge in [-0.15, -0.1) is 0 Å². The van der Waals surface area contributed by atoms with Gasteiger partial charge in [-0.1, -0.05) is 38.0 Å². The van der Waals surface area contributed by atoms with Crippen molar-refractivity contribution in [2.75, 3.05) is 0 Å². The first kappa shape index (κ1) is 27.8. The van der Waals surface area contributed by atoms with Gasteiger partial charge in [0.05, 0.1) is 0 Å². The molecule has 2 aromatic rings. The molecule has 204 valence electrons. The largest absolute Gasteiger partial charge is 0.432 e. The molecule has 4 rings (SSSR count). The van der Waals surface area contributed by atoms with Gasteiger partial charge in [-0.2, -0.15) is 8.78 Å². The summed E-state index contributed by atoms with van der Waals surface area (Å²) in [7, 11) is 0. The first-order valence-electron chi connectivity index (χ1n) is 13.6. The minimum atomic E-state index is -3.15. The van der Waals surface area contributed by atoms with Crippen molar-refractivity contribution in [2.45, 2.75) is 96.0 Å². The van der Waals surface area contributed by atoms with Gasteiger partial charge in [0.25, 0.3) is 5.92 Å². The van der Waals surface area contributed by atoms with Gasteiger partial charge in [-0.05, 0) is 98.4 Å². The highest BCUT2D eigenvalue weighted by Crippen LogP contribution is 2.46. The van der Waals surface area contributed by atoms with Crippen molar-refractivity contribution < 1.29 is 31.1 Å². The monoisotopic (exact) mass is 526 g/mol. The lowest BCUT2D eigenvalue weighted by Gasteiger charge is -2.37. The molecule has 2 aliphatic carbocycles. The van der Waals surface area contributed by atoms with Crippen molar-refractivity contribution in [3.63, 3.8) is 0 Å². The molecule has 0 heterocycles. The zero-order chi connectivity index (χ0) is 26.6. The van der Waals surface area contributed by atoms with Crippen LogP contribution in [0.5, 0.6) is 5.75 Å². The highest BCUT2D eigenvalue weighted by molar-refractivity contribution is 5.65. The van der Waals surface area contributed by atoms with Crippen LogP contribution in [0, 0.1) is 29.4 Å². The lowest BCUT2D eigenvalue weighted by atomic mass is 9.72. The Kier molecular flexibility index (Phi) is 9.12. The van der Waals surface area contributed by atoms with E-state index in [1.165, 1.54) is 12.1 Å². The third-order valence-corrected chi connectivity index (χ3v) is 8.47. The molecular formula is C30H36F6O. The quantitative estimate of drug-likeness (QED) is 0.295. The van der Waals surface area contributed by atoms with E-state index in [1.54, 1.807) is 12.1 Å². The standard InChI is InChI=1S/C30H36F6O/c1-2-3-19-6-12-24(13-7-19)30(35,36)18-20-4-8-21(9-5-20)22-10-14-25(26(31)16-22)23-11-15-28(27(32)17-23)37-29(33)34/h10-11,14-17,19-21,24,29H,2-9,12-13,18H2,1H3. The predicted octanol–water partition coefficient (Wildman–Crippen LogP) is 10.1. The Bertz CT molecular complexity index is 1020. The van der Waals surface area contributed by atoms with Gasteiger partial charge in [-0.25, -0.2) is 17.6 Å². The van der Waals surface area contributed by atoms with Crippen LogP contribution in [0.4, 0.5) is 26.3 Å². The second-order valence-electron chi connectivity index (χ2n) is 11.0. The summed E-state index contributed by atoms with van der Waals surface area (Å²) in [6, 6.07) is 8.12. The Morgan fingerprint density at radius 3 is 2.11 bits per heavy atom. The van der Waals surface area contributed by atoms with Crippen molar-refractivity contribution in [3.8, 4) is 16.9 Å². The van der Waals surface area contributed by atoms with E-state index < -0.39 is 35.8 Å². The molecule has 0 radical (unpaired) electrons. The topological polar surface area (TPSA) is 9.23 Å². The maximum absolute atomic E-state index is 15.1. The van der Waals surface area contributed by atoms with E-state index in [1.807, 2.05) is 0 Å². The summed E-state index contributed by atoms with van der Waals surface area (Å²) in [6.45, 7) is -1.00. The number of alkyl halides is 4. The Morgan fingerprint density at radius 2 is 1.51 bits per heavy atom. The van der Waals surface area contributed by atoms with Crippen LogP contribution in [0.15, 0.2) is 36.4 Å². The maximum atomic E-state index is 15.1. The van der Waals surface area contributed by atoms with Crippen LogP contribution in [-0.4, -0.2) is 12.5 Å². The van der Waals surface area contributed by atoms with Crippen LogP contribution in [0.3, 0.4) is 0 Å². The fourth-order valence-electron chi connectivity index (χ4n) is 6.41. The van der Waals surface area contributed by atoms with Gasteiger partial charge in [0.15, 0.2) is 11.6 Å². The number of ether oxygens (including phenoxy) is 1. The van der Waals surface area contributed by atoms with E-state index in [0.717, 1.165) is 56.2 Å². The number of hydrogen-bond acceptors (Lipinski definition) is 1. The molecule has 0 aromatic heterocycles. The summed E-state index contributed by atoms with van der Waals surface area (Å²) in [5.74, 6) is -4.55. The van der Waals surface area contributed by atoms with Gasteiger partial charge in [-0.3, -0.25) is 0 Å². The third kappa shape index (κ3) is 7.02. The molecule has 0 spiro atoms. The van der Waals surface area contributed by atoms with E-state index in [-0.39, 0.29) is 29.4 Å². The lowest BCUT2D eigenvalue weighted by Crippen LogP contribution is -2.34. The molecule has 37 heavy (non-hydrogen) atoms. The summed E-state index contributed by atoms with van der Waals surface area (Å²) < 4.78 is 88.0. The molecule has 0 bridgehead atoms. The Morgan fingerprint density at radius 1 is 0.838 bits per heavy atom. The van der Waals surface area contributed by atoms with E-state index in [4.69, 9.17) is 0 Å². The van der Waals surface area contributed by atoms with E-state index in [9.17, 15) is 17.6 Å². The fourth-order valence-corrected chi connectivity index (χ4v) is 6.41. The Balaban J connectivity index is 1.32. The Hall–Kier alpha value is -2.18. The Labute approximate surface area is 215 Å². The number of halogens is 6. The predicted molar refractivity (Wildman–Crippen MR) is 133 cm³/mol. The molecule has 0 aliphatic heterocycles. The molecule has 1 nitrogen and oxygen atoms in total. The highest BCUT2D eigenvalue weighted by Gasteiger charge is 2.43. The van der Waals surface area contributed by atoms with Crippen LogP contribution in [0.2, 0.25) is 0 Å².